The number of nitrogen functional groups attached to an aromatic ring is 1. The molecule has 100 valence electrons. The summed E-state index contributed by atoms with van der Waals surface area (Å²) in [6.07, 6.45) is 1.24. The molecule has 0 fully saturated rings. The third-order valence-corrected chi connectivity index (χ3v) is 3.91. The molecule has 1 aromatic heterocycles. The number of aryl methyl sites for hydroxylation is 2. The number of sulfonamides is 1. The van der Waals surface area contributed by atoms with Crippen molar-refractivity contribution in [2.45, 2.75) is 18.7 Å². The largest absolute Gasteiger partial charge is 0.384 e. The molecular weight excluding hydrogens is 262 g/mol. The zero-order valence-corrected chi connectivity index (χ0v) is 11.5. The summed E-state index contributed by atoms with van der Waals surface area (Å²) < 4.78 is 26.8. The van der Waals surface area contributed by atoms with Crippen molar-refractivity contribution in [1.82, 2.24) is 4.98 Å². The molecule has 0 unspecified atom stereocenters. The van der Waals surface area contributed by atoms with Crippen LogP contribution in [0.4, 0.5) is 11.5 Å². The van der Waals surface area contributed by atoms with Gasteiger partial charge in [0.1, 0.15) is 10.7 Å². The van der Waals surface area contributed by atoms with E-state index in [0.29, 0.717) is 5.69 Å². The molecule has 3 N–H and O–H groups in total. The quantitative estimate of drug-likeness (QED) is 0.899. The van der Waals surface area contributed by atoms with E-state index in [1.807, 2.05) is 19.9 Å². The number of nitrogens with two attached hydrogens (primary N) is 1. The molecule has 2 aromatic rings. The minimum Gasteiger partial charge on any atom is -0.384 e. The lowest BCUT2D eigenvalue weighted by Gasteiger charge is -2.09. The van der Waals surface area contributed by atoms with E-state index in [-0.39, 0.29) is 10.7 Å². The van der Waals surface area contributed by atoms with Crippen LogP contribution in [0.25, 0.3) is 0 Å². The summed E-state index contributed by atoms with van der Waals surface area (Å²) in [5.74, 6) is 0.283. The van der Waals surface area contributed by atoms with Crippen LogP contribution < -0.4 is 10.5 Å². The fourth-order valence-corrected chi connectivity index (χ4v) is 2.78. The van der Waals surface area contributed by atoms with Crippen molar-refractivity contribution < 1.29 is 8.42 Å². The monoisotopic (exact) mass is 277 g/mol. The summed E-state index contributed by atoms with van der Waals surface area (Å²) in [7, 11) is -3.63. The second-order valence-electron chi connectivity index (χ2n) is 4.40. The molecule has 0 radical (unpaired) electrons. The second kappa shape index (κ2) is 4.89. The van der Waals surface area contributed by atoms with E-state index < -0.39 is 10.0 Å². The van der Waals surface area contributed by atoms with Gasteiger partial charge in [-0.25, -0.2) is 13.4 Å². The summed E-state index contributed by atoms with van der Waals surface area (Å²) in [4.78, 5) is 3.86. The summed E-state index contributed by atoms with van der Waals surface area (Å²) in [6, 6.07) is 8.40. The Balaban J connectivity index is 2.33. The molecule has 0 amide bonds. The van der Waals surface area contributed by atoms with Crippen molar-refractivity contribution >= 4 is 21.5 Å². The minimum absolute atomic E-state index is 0.0841. The first kappa shape index (κ1) is 13.4. The van der Waals surface area contributed by atoms with Gasteiger partial charge < -0.3 is 5.73 Å². The third-order valence-electron chi connectivity index (χ3n) is 2.54. The summed E-state index contributed by atoms with van der Waals surface area (Å²) in [6.45, 7) is 3.82. The molecule has 2 rings (SSSR count). The number of rotatable bonds is 3. The molecule has 0 aliphatic rings. The second-order valence-corrected chi connectivity index (χ2v) is 6.08. The standard InChI is InChI=1S/C13H15N3O2S/c1-9-5-10(2)7-11(6-9)16-19(17,18)12-3-4-13(14)15-8-12/h3-8,16H,1-2H3,(H2,14,15). The summed E-state index contributed by atoms with van der Waals surface area (Å²) in [5.41, 5.74) is 7.96. The first-order valence-corrected chi connectivity index (χ1v) is 7.18. The number of benzene rings is 1. The van der Waals surface area contributed by atoms with Crippen molar-refractivity contribution in [1.29, 1.82) is 0 Å². The maximum absolute atomic E-state index is 12.1. The van der Waals surface area contributed by atoms with Crippen LogP contribution in [0.15, 0.2) is 41.4 Å². The summed E-state index contributed by atoms with van der Waals surface area (Å²) >= 11 is 0. The highest BCUT2D eigenvalue weighted by Gasteiger charge is 2.14. The van der Waals surface area contributed by atoms with Crippen LogP contribution in [0.5, 0.6) is 0 Å². The van der Waals surface area contributed by atoms with Crippen molar-refractivity contribution in [3.63, 3.8) is 0 Å². The Labute approximate surface area is 112 Å². The number of hydrogen-bond acceptors (Lipinski definition) is 4. The number of anilines is 2. The van der Waals surface area contributed by atoms with Crippen LogP contribution in [-0.4, -0.2) is 13.4 Å². The lowest BCUT2D eigenvalue weighted by Crippen LogP contribution is -2.13. The number of aromatic nitrogens is 1. The zero-order chi connectivity index (χ0) is 14.0. The molecule has 5 nitrogen and oxygen atoms in total. The predicted molar refractivity (Wildman–Crippen MR) is 75.4 cm³/mol. The SMILES string of the molecule is Cc1cc(C)cc(NS(=O)(=O)c2ccc(N)nc2)c1. The molecule has 19 heavy (non-hydrogen) atoms. The van der Waals surface area contributed by atoms with E-state index in [0.717, 1.165) is 11.1 Å². The van der Waals surface area contributed by atoms with Gasteiger partial charge in [0.05, 0.1) is 0 Å². The van der Waals surface area contributed by atoms with Gasteiger partial charge >= 0.3 is 0 Å². The van der Waals surface area contributed by atoms with Gasteiger partial charge in [-0.2, -0.15) is 0 Å². The zero-order valence-electron chi connectivity index (χ0n) is 10.7. The van der Waals surface area contributed by atoms with E-state index in [1.165, 1.54) is 18.3 Å². The van der Waals surface area contributed by atoms with Crippen LogP contribution in [0.1, 0.15) is 11.1 Å². The average Bonchev–Trinajstić information content (AvgIpc) is 2.27. The Morgan fingerprint density at radius 3 is 2.26 bits per heavy atom. The van der Waals surface area contributed by atoms with Gasteiger partial charge in [-0.15, -0.1) is 0 Å². The highest BCUT2D eigenvalue weighted by molar-refractivity contribution is 7.92. The first-order chi connectivity index (χ1) is 8.87. The topological polar surface area (TPSA) is 85.1 Å². The third kappa shape index (κ3) is 3.23. The molecule has 0 saturated carbocycles. The maximum Gasteiger partial charge on any atom is 0.263 e. The van der Waals surface area contributed by atoms with Gasteiger partial charge in [0.15, 0.2) is 0 Å². The molecule has 0 atom stereocenters. The van der Waals surface area contributed by atoms with Crippen LogP contribution >= 0.6 is 0 Å². The Kier molecular flexibility index (Phi) is 3.44. The van der Waals surface area contributed by atoms with Crippen LogP contribution in [0.2, 0.25) is 0 Å². The van der Waals surface area contributed by atoms with Crippen molar-refractivity contribution in [2.75, 3.05) is 10.5 Å². The number of nitrogens with zero attached hydrogens (tertiary/aromatic N) is 1. The first-order valence-electron chi connectivity index (χ1n) is 5.69. The van der Waals surface area contributed by atoms with E-state index in [2.05, 4.69) is 9.71 Å². The van der Waals surface area contributed by atoms with Crippen LogP contribution in [-0.2, 0) is 10.0 Å². The van der Waals surface area contributed by atoms with Crippen molar-refractivity contribution in [3.8, 4) is 0 Å². The molecule has 0 aliphatic heterocycles. The van der Waals surface area contributed by atoms with Crippen molar-refractivity contribution in [2.24, 2.45) is 0 Å². The van der Waals surface area contributed by atoms with Gasteiger partial charge in [0, 0.05) is 11.9 Å². The van der Waals surface area contributed by atoms with Crippen molar-refractivity contribution in [3.05, 3.63) is 47.7 Å². The van der Waals surface area contributed by atoms with Gasteiger partial charge in [-0.1, -0.05) is 6.07 Å². The Hall–Kier alpha value is -2.08. The number of nitrogens with one attached hydrogen (secondary N) is 1. The normalized spacial score (nSPS) is 11.3. The van der Waals surface area contributed by atoms with E-state index >= 15 is 0 Å². The molecule has 0 aliphatic carbocycles. The lowest BCUT2D eigenvalue weighted by molar-refractivity contribution is 0.601. The minimum atomic E-state index is -3.63. The fraction of sp³-hybridized carbons (Fsp3) is 0.154. The molecule has 1 heterocycles. The molecular formula is C13H15N3O2S. The number of pyridine rings is 1. The van der Waals surface area contributed by atoms with Gasteiger partial charge in [-0.3, -0.25) is 4.72 Å². The van der Waals surface area contributed by atoms with E-state index in [9.17, 15) is 8.42 Å². The smallest absolute Gasteiger partial charge is 0.263 e. The molecule has 6 heteroatoms. The average molecular weight is 277 g/mol. The molecule has 0 saturated heterocycles. The molecule has 0 spiro atoms. The van der Waals surface area contributed by atoms with Crippen LogP contribution in [0.3, 0.4) is 0 Å². The van der Waals surface area contributed by atoms with E-state index in [4.69, 9.17) is 5.73 Å². The fourth-order valence-electron chi connectivity index (χ4n) is 1.80. The highest BCUT2D eigenvalue weighted by Crippen LogP contribution is 2.18. The Morgan fingerprint density at radius 2 is 1.74 bits per heavy atom. The Bertz CT molecular complexity index is 674. The predicted octanol–water partition coefficient (Wildman–Crippen LogP) is 2.08. The maximum atomic E-state index is 12.1. The van der Waals surface area contributed by atoms with Crippen LogP contribution in [0, 0.1) is 13.8 Å². The molecule has 0 bridgehead atoms. The molecule has 1 aromatic carbocycles. The van der Waals surface area contributed by atoms with Gasteiger partial charge in [0.25, 0.3) is 10.0 Å². The highest BCUT2D eigenvalue weighted by atomic mass is 32.2. The van der Waals surface area contributed by atoms with Gasteiger partial charge in [-0.05, 0) is 49.2 Å². The lowest BCUT2D eigenvalue weighted by atomic mass is 10.1. The Morgan fingerprint density at radius 1 is 1.11 bits per heavy atom. The summed E-state index contributed by atoms with van der Waals surface area (Å²) in [5, 5.41) is 0. The van der Waals surface area contributed by atoms with E-state index in [1.54, 1.807) is 12.1 Å². The number of hydrogen-bond donors (Lipinski definition) is 2. The van der Waals surface area contributed by atoms with Gasteiger partial charge in [0.2, 0.25) is 0 Å².